The molecular weight excluding hydrogens is 320 g/mol. The summed E-state index contributed by atoms with van der Waals surface area (Å²) in [6, 6.07) is 9.39. The van der Waals surface area contributed by atoms with Crippen LogP contribution < -0.4 is 5.73 Å². The Bertz CT molecular complexity index is 727. The summed E-state index contributed by atoms with van der Waals surface area (Å²) in [6.45, 7) is 0. The van der Waals surface area contributed by atoms with E-state index < -0.39 is 0 Å². The van der Waals surface area contributed by atoms with Crippen molar-refractivity contribution in [2.24, 2.45) is 0 Å². The van der Waals surface area contributed by atoms with Crippen LogP contribution >= 0.6 is 15.9 Å². The minimum Gasteiger partial charge on any atom is -0.398 e. The van der Waals surface area contributed by atoms with Crippen LogP contribution in [0.2, 0.25) is 0 Å². The van der Waals surface area contributed by atoms with Crippen LogP contribution in [-0.4, -0.2) is 15.1 Å². The van der Waals surface area contributed by atoms with Gasteiger partial charge in [-0.2, -0.15) is 4.98 Å². The Kier molecular flexibility index (Phi) is 3.47. The Hall–Kier alpha value is -2.21. The molecule has 1 aromatic carbocycles. The van der Waals surface area contributed by atoms with Crippen LogP contribution in [0.5, 0.6) is 0 Å². The highest BCUT2D eigenvalue weighted by molar-refractivity contribution is 9.10. The Morgan fingerprint density at radius 3 is 2.90 bits per heavy atom. The van der Waals surface area contributed by atoms with E-state index in [4.69, 9.17) is 10.3 Å². The van der Waals surface area contributed by atoms with E-state index in [1.165, 1.54) is 0 Å². The zero-order valence-corrected chi connectivity index (χ0v) is 12.0. The molecule has 20 heavy (non-hydrogen) atoms. The highest BCUT2D eigenvalue weighted by Gasteiger charge is 2.12. The van der Waals surface area contributed by atoms with E-state index in [0.717, 1.165) is 15.6 Å². The van der Waals surface area contributed by atoms with Crippen molar-refractivity contribution in [3.63, 3.8) is 0 Å². The van der Waals surface area contributed by atoms with Crippen molar-refractivity contribution in [1.29, 1.82) is 0 Å². The SMILES string of the molecule is Nc1cc(Br)ccc1-c1nc(Cc2cccnc2)no1. The number of aromatic nitrogens is 3. The molecule has 2 aromatic heterocycles. The largest absolute Gasteiger partial charge is 0.398 e. The molecule has 0 saturated heterocycles. The van der Waals surface area contributed by atoms with Crippen LogP contribution in [0.25, 0.3) is 11.5 Å². The van der Waals surface area contributed by atoms with Gasteiger partial charge in [0.15, 0.2) is 5.82 Å². The maximum Gasteiger partial charge on any atom is 0.260 e. The van der Waals surface area contributed by atoms with Crippen LogP contribution in [-0.2, 0) is 6.42 Å². The van der Waals surface area contributed by atoms with Gasteiger partial charge in [-0.15, -0.1) is 0 Å². The quantitative estimate of drug-likeness (QED) is 0.746. The van der Waals surface area contributed by atoms with Crippen molar-refractivity contribution in [3.05, 3.63) is 58.6 Å². The summed E-state index contributed by atoms with van der Waals surface area (Å²) in [5.41, 5.74) is 8.31. The maximum atomic E-state index is 5.95. The van der Waals surface area contributed by atoms with Crippen LogP contribution in [0.1, 0.15) is 11.4 Å². The van der Waals surface area contributed by atoms with Gasteiger partial charge in [-0.05, 0) is 29.8 Å². The first-order valence-electron chi connectivity index (χ1n) is 5.99. The first kappa shape index (κ1) is 12.8. The summed E-state index contributed by atoms with van der Waals surface area (Å²) in [5.74, 6) is 1.03. The molecule has 0 aliphatic carbocycles. The second-order valence-electron chi connectivity index (χ2n) is 4.29. The molecule has 0 unspecified atom stereocenters. The van der Waals surface area contributed by atoms with E-state index in [0.29, 0.717) is 23.8 Å². The van der Waals surface area contributed by atoms with Gasteiger partial charge in [-0.3, -0.25) is 4.98 Å². The van der Waals surface area contributed by atoms with Gasteiger partial charge in [0, 0.05) is 29.0 Å². The molecule has 0 amide bonds. The first-order valence-corrected chi connectivity index (χ1v) is 6.78. The van der Waals surface area contributed by atoms with Gasteiger partial charge in [0.05, 0.1) is 5.56 Å². The van der Waals surface area contributed by atoms with Crippen LogP contribution in [0.3, 0.4) is 0 Å². The van der Waals surface area contributed by atoms with Crippen LogP contribution in [0.4, 0.5) is 5.69 Å². The Labute approximate surface area is 124 Å². The van der Waals surface area contributed by atoms with Gasteiger partial charge in [-0.25, -0.2) is 0 Å². The number of nitrogens with zero attached hydrogens (tertiary/aromatic N) is 3. The third-order valence-corrected chi connectivity index (χ3v) is 3.29. The molecule has 100 valence electrons. The number of nitrogens with two attached hydrogens (primary N) is 1. The molecule has 0 atom stereocenters. The van der Waals surface area contributed by atoms with E-state index in [2.05, 4.69) is 31.1 Å². The molecule has 0 fully saturated rings. The van der Waals surface area contributed by atoms with Crippen molar-refractivity contribution in [3.8, 4) is 11.5 Å². The van der Waals surface area contributed by atoms with Crippen molar-refractivity contribution < 1.29 is 4.52 Å². The second-order valence-corrected chi connectivity index (χ2v) is 5.20. The molecular formula is C14H11BrN4O. The molecule has 5 nitrogen and oxygen atoms in total. The third kappa shape index (κ3) is 2.70. The number of halogens is 1. The highest BCUT2D eigenvalue weighted by atomic mass is 79.9. The lowest BCUT2D eigenvalue weighted by molar-refractivity contribution is 0.424. The predicted molar refractivity (Wildman–Crippen MR) is 78.9 cm³/mol. The Morgan fingerprint density at radius 1 is 1.25 bits per heavy atom. The number of anilines is 1. The van der Waals surface area contributed by atoms with Crippen molar-refractivity contribution in [2.45, 2.75) is 6.42 Å². The monoisotopic (exact) mass is 330 g/mol. The predicted octanol–water partition coefficient (Wildman–Crippen LogP) is 3.07. The highest BCUT2D eigenvalue weighted by Crippen LogP contribution is 2.27. The van der Waals surface area contributed by atoms with E-state index in [9.17, 15) is 0 Å². The molecule has 2 N–H and O–H groups in total. The summed E-state index contributed by atoms with van der Waals surface area (Å²) < 4.78 is 6.18. The molecule has 0 aliphatic rings. The number of benzene rings is 1. The topological polar surface area (TPSA) is 77.8 Å². The molecule has 0 aliphatic heterocycles. The lowest BCUT2D eigenvalue weighted by Gasteiger charge is -2.00. The third-order valence-electron chi connectivity index (χ3n) is 2.80. The number of pyridine rings is 1. The number of hydrogen-bond acceptors (Lipinski definition) is 5. The smallest absolute Gasteiger partial charge is 0.260 e. The number of hydrogen-bond donors (Lipinski definition) is 1. The van der Waals surface area contributed by atoms with E-state index >= 15 is 0 Å². The molecule has 0 saturated carbocycles. The van der Waals surface area contributed by atoms with Gasteiger partial charge < -0.3 is 10.3 Å². The van der Waals surface area contributed by atoms with Crippen molar-refractivity contribution in [1.82, 2.24) is 15.1 Å². The lowest BCUT2D eigenvalue weighted by Crippen LogP contribution is -1.92. The van der Waals surface area contributed by atoms with E-state index in [-0.39, 0.29) is 0 Å². The Balaban J connectivity index is 1.87. The average Bonchev–Trinajstić information content (AvgIpc) is 2.88. The maximum absolute atomic E-state index is 5.95. The number of rotatable bonds is 3. The summed E-state index contributed by atoms with van der Waals surface area (Å²) in [6.07, 6.45) is 4.09. The summed E-state index contributed by atoms with van der Waals surface area (Å²) in [7, 11) is 0. The van der Waals surface area contributed by atoms with Crippen LogP contribution in [0.15, 0.2) is 51.7 Å². The zero-order chi connectivity index (χ0) is 13.9. The van der Waals surface area contributed by atoms with Crippen molar-refractivity contribution >= 4 is 21.6 Å². The van der Waals surface area contributed by atoms with Crippen molar-refractivity contribution in [2.75, 3.05) is 5.73 Å². The fourth-order valence-corrected chi connectivity index (χ4v) is 2.23. The van der Waals surface area contributed by atoms with Gasteiger partial charge in [-0.1, -0.05) is 27.2 Å². The van der Waals surface area contributed by atoms with E-state index in [1.807, 2.05) is 24.3 Å². The number of nitrogen functional groups attached to an aromatic ring is 1. The molecule has 2 heterocycles. The molecule has 3 aromatic rings. The standard InChI is InChI=1S/C14H11BrN4O/c15-10-3-4-11(12(16)7-10)14-18-13(19-20-14)6-9-2-1-5-17-8-9/h1-5,7-8H,6,16H2. The summed E-state index contributed by atoms with van der Waals surface area (Å²) in [4.78, 5) is 8.42. The fraction of sp³-hybridized carbons (Fsp3) is 0.0714. The Morgan fingerprint density at radius 2 is 2.15 bits per heavy atom. The minimum absolute atomic E-state index is 0.425. The molecule has 6 heteroatoms. The zero-order valence-electron chi connectivity index (χ0n) is 10.5. The summed E-state index contributed by atoms with van der Waals surface area (Å²) >= 11 is 3.36. The first-order chi connectivity index (χ1) is 9.72. The molecule has 0 spiro atoms. The average molecular weight is 331 g/mol. The minimum atomic E-state index is 0.425. The van der Waals surface area contributed by atoms with Gasteiger partial charge in [0.2, 0.25) is 0 Å². The normalized spacial score (nSPS) is 10.7. The second kappa shape index (κ2) is 5.42. The van der Waals surface area contributed by atoms with Gasteiger partial charge >= 0.3 is 0 Å². The molecule has 3 rings (SSSR count). The fourth-order valence-electron chi connectivity index (χ4n) is 1.85. The van der Waals surface area contributed by atoms with Crippen LogP contribution in [0, 0.1) is 0 Å². The van der Waals surface area contributed by atoms with Gasteiger partial charge in [0.1, 0.15) is 0 Å². The lowest BCUT2D eigenvalue weighted by atomic mass is 10.2. The van der Waals surface area contributed by atoms with E-state index in [1.54, 1.807) is 18.5 Å². The molecule has 0 radical (unpaired) electrons. The van der Waals surface area contributed by atoms with Gasteiger partial charge in [0.25, 0.3) is 5.89 Å². The summed E-state index contributed by atoms with van der Waals surface area (Å²) in [5, 5.41) is 3.97. The molecule has 0 bridgehead atoms.